The Morgan fingerprint density at radius 2 is 0.929 bits per heavy atom. The van der Waals surface area contributed by atoms with Gasteiger partial charge in [-0.25, -0.2) is 0 Å². The summed E-state index contributed by atoms with van der Waals surface area (Å²) in [4.78, 5) is 2.35. The molecule has 0 aromatic heterocycles. The standard InChI is InChI=1S/C40H41NO/c1-3-5-7-13-30-19-23-32(24-20-30)34-27-35(33-25-21-31(22-26-33)14-8-6-4-2)29-36(28-34)41-37-15-9-11-17-39(37)42-40-18-12-10-16-38(40)41/h9-12,15-29H,3-8,13-14H2,1-2H3. The Morgan fingerprint density at radius 1 is 0.476 bits per heavy atom. The van der Waals surface area contributed by atoms with Gasteiger partial charge in [0, 0.05) is 5.69 Å². The van der Waals surface area contributed by atoms with Crippen molar-refractivity contribution in [1.82, 2.24) is 0 Å². The molecule has 0 N–H and O–H groups in total. The summed E-state index contributed by atoms with van der Waals surface area (Å²) in [7, 11) is 0. The van der Waals surface area contributed by atoms with Crippen molar-refractivity contribution in [2.24, 2.45) is 0 Å². The number of hydrogen-bond acceptors (Lipinski definition) is 2. The zero-order valence-electron chi connectivity index (χ0n) is 25.0. The molecule has 2 nitrogen and oxygen atoms in total. The molecule has 0 saturated heterocycles. The van der Waals surface area contributed by atoms with E-state index in [1.165, 1.54) is 71.9 Å². The van der Waals surface area contributed by atoms with Gasteiger partial charge in [0.15, 0.2) is 11.5 Å². The molecule has 5 aromatic rings. The fourth-order valence-electron chi connectivity index (χ4n) is 5.94. The molecule has 42 heavy (non-hydrogen) atoms. The van der Waals surface area contributed by atoms with Gasteiger partial charge >= 0.3 is 0 Å². The fourth-order valence-corrected chi connectivity index (χ4v) is 5.94. The summed E-state index contributed by atoms with van der Waals surface area (Å²) < 4.78 is 6.32. The predicted octanol–water partition coefficient (Wildman–Crippen LogP) is 12.1. The van der Waals surface area contributed by atoms with E-state index in [1.54, 1.807) is 0 Å². The Morgan fingerprint density at radius 3 is 1.38 bits per heavy atom. The van der Waals surface area contributed by atoms with E-state index >= 15 is 0 Å². The van der Waals surface area contributed by atoms with Crippen molar-refractivity contribution in [2.45, 2.75) is 65.2 Å². The van der Waals surface area contributed by atoms with Gasteiger partial charge in [-0.3, -0.25) is 0 Å². The van der Waals surface area contributed by atoms with Crippen LogP contribution < -0.4 is 9.64 Å². The van der Waals surface area contributed by atoms with Crippen molar-refractivity contribution in [3.63, 3.8) is 0 Å². The molecule has 0 amide bonds. The Balaban J connectivity index is 1.43. The van der Waals surface area contributed by atoms with Crippen molar-refractivity contribution < 1.29 is 4.74 Å². The lowest BCUT2D eigenvalue weighted by molar-refractivity contribution is 0.477. The van der Waals surface area contributed by atoms with Crippen molar-refractivity contribution in [3.8, 4) is 33.8 Å². The minimum absolute atomic E-state index is 0.871. The van der Waals surface area contributed by atoms with E-state index in [4.69, 9.17) is 4.74 Å². The van der Waals surface area contributed by atoms with Gasteiger partial charge in [-0.2, -0.15) is 0 Å². The predicted molar refractivity (Wildman–Crippen MR) is 179 cm³/mol. The number of aryl methyl sites for hydroxylation is 2. The van der Waals surface area contributed by atoms with E-state index in [1.807, 2.05) is 12.1 Å². The zero-order valence-corrected chi connectivity index (χ0v) is 25.0. The lowest BCUT2D eigenvalue weighted by atomic mass is 9.95. The Hall–Kier alpha value is -4.30. The minimum atomic E-state index is 0.871. The van der Waals surface area contributed by atoms with Gasteiger partial charge in [0.2, 0.25) is 0 Å². The van der Waals surface area contributed by atoms with Crippen molar-refractivity contribution in [1.29, 1.82) is 0 Å². The van der Waals surface area contributed by atoms with Crippen LogP contribution in [0.4, 0.5) is 17.1 Å². The second-order valence-corrected chi connectivity index (χ2v) is 11.4. The minimum Gasteiger partial charge on any atom is -0.453 e. The molecule has 212 valence electrons. The second-order valence-electron chi connectivity index (χ2n) is 11.4. The maximum absolute atomic E-state index is 6.32. The van der Waals surface area contributed by atoms with Gasteiger partial charge in [0.05, 0.1) is 11.4 Å². The largest absolute Gasteiger partial charge is 0.453 e. The maximum atomic E-state index is 6.32. The van der Waals surface area contributed by atoms with Crippen LogP contribution in [0.3, 0.4) is 0 Å². The van der Waals surface area contributed by atoms with Crippen LogP contribution in [0.5, 0.6) is 11.5 Å². The number of anilines is 3. The molecule has 1 heterocycles. The Kier molecular flexibility index (Phi) is 8.70. The third-order valence-corrected chi connectivity index (χ3v) is 8.32. The quantitative estimate of drug-likeness (QED) is 0.148. The Labute approximate surface area is 251 Å². The number of ether oxygens (including phenoxy) is 1. The first kappa shape index (κ1) is 27.8. The summed E-state index contributed by atoms with van der Waals surface area (Å²) in [6, 6.07) is 42.1. The summed E-state index contributed by atoms with van der Waals surface area (Å²) >= 11 is 0. The number of nitrogens with zero attached hydrogens (tertiary/aromatic N) is 1. The average molecular weight is 552 g/mol. The highest BCUT2D eigenvalue weighted by Crippen LogP contribution is 2.51. The van der Waals surface area contributed by atoms with Crippen LogP contribution in [-0.2, 0) is 12.8 Å². The van der Waals surface area contributed by atoms with Gasteiger partial charge in [0.1, 0.15) is 0 Å². The zero-order chi connectivity index (χ0) is 28.7. The average Bonchev–Trinajstić information content (AvgIpc) is 3.04. The third-order valence-electron chi connectivity index (χ3n) is 8.32. The number of hydrogen-bond donors (Lipinski definition) is 0. The molecule has 0 saturated carbocycles. The summed E-state index contributed by atoms with van der Waals surface area (Å²) in [6.45, 7) is 4.53. The Bertz CT molecular complexity index is 1500. The van der Waals surface area contributed by atoms with E-state index in [9.17, 15) is 0 Å². The SMILES string of the molecule is CCCCCc1ccc(-c2cc(-c3ccc(CCCCC)cc3)cc(N3c4ccccc4Oc4ccccc43)c2)cc1. The maximum Gasteiger partial charge on any atom is 0.151 e. The number of rotatable bonds is 11. The fraction of sp³-hybridized carbons (Fsp3) is 0.250. The number of unbranched alkanes of at least 4 members (excludes halogenated alkanes) is 4. The van der Waals surface area contributed by atoms with Crippen LogP contribution >= 0.6 is 0 Å². The summed E-state index contributed by atoms with van der Waals surface area (Å²) in [5.74, 6) is 1.74. The molecule has 5 aromatic carbocycles. The molecule has 0 atom stereocenters. The van der Waals surface area contributed by atoms with Crippen LogP contribution in [0, 0.1) is 0 Å². The van der Waals surface area contributed by atoms with Crippen LogP contribution in [-0.4, -0.2) is 0 Å². The highest BCUT2D eigenvalue weighted by Gasteiger charge is 2.26. The van der Waals surface area contributed by atoms with E-state index in [2.05, 4.69) is 122 Å². The van der Waals surface area contributed by atoms with Crippen LogP contribution in [0.25, 0.3) is 22.3 Å². The molecule has 0 spiro atoms. The van der Waals surface area contributed by atoms with Crippen molar-refractivity contribution in [2.75, 3.05) is 4.90 Å². The summed E-state index contributed by atoms with van der Waals surface area (Å²) in [5, 5.41) is 0. The first-order valence-electron chi connectivity index (χ1n) is 15.7. The smallest absolute Gasteiger partial charge is 0.151 e. The number of para-hydroxylation sites is 4. The second kappa shape index (κ2) is 13.1. The molecule has 0 aliphatic carbocycles. The van der Waals surface area contributed by atoms with Gasteiger partial charge in [0.25, 0.3) is 0 Å². The van der Waals surface area contributed by atoms with Crippen LogP contribution in [0.2, 0.25) is 0 Å². The highest BCUT2D eigenvalue weighted by molar-refractivity contribution is 5.90. The van der Waals surface area contributed by atoms with Gasteiger partial charge in [-0.1, -0.05) is 112 Å². The first-order chi connectivity index (χ1) is 20.7. The lowest BCUT2D eigenvalue weighted by Gasteiger charge is -2.33. The van der Waals surface area contributed by atoms with E-state index < -0.39 is 0 Å². The molecule has 0 bridgehead atoms. The molecule has 0 radical (unpaired) electrons. The molecule has 0 unspecified atom stereocenters. The topological polar surface area (TPSA) is 12.5 Å². The molecular formula is C40H41NO. The van der Waals surface area contributed by atoms with Crippen LogP contribution in [0.15, 0.2) is 115 Å². The molecule has 6 rings (SSSR count). The highest BCUT2D eigenvalue weighted by atomic mass is 16.5. The van der Waals surface area contributed by atoms with E-state index in [-0.39, 0.29) is 0 Å². The lowest BCUT2D eigenvalue weighted by Crippen LogP contribution is -2.15. The first-order valence-corrected chi connectivity index (χ1v) is 15.7. The van der Waals surface area contributed by atoms with E-state index in [0.29, 0.717) is 0 Å². The van der Waals surface area contributed by atoms with Gasteiger partial charge in [-0.05, 0) is 102 Å². The molecular weight excluding hydrogens is 510 g/mol. The molecule has 2 heteroatoms. The molecule has 0 fully saturated rings. The monoisotopic (exact) mass is 551 g/mol. The molecule has 1 aliphatic rings. The van der Waals surface area contributed by atoms with Crippen LogP contribution in [0.1, 0.15) is 63.5 Å². The van der Waals surface area contributed by atoms with E-state index in [0.717, 1.165) is 41.4 Å². The van der Waals surface area contributed by atoms with Gasteiger partial charge < -0.3 is 9.64 Å². The van der Waals surface area contributed by atoms with Crippen molar-refractivity contribution >= 4 is 17.1 Å². The molecule has 1 aliphatic heterocycles. The third kappa shape index (κ3) is 6.14. The van der Waals surface area contributed by atoms with Gasteiger partial charge in [-0.15, -0.1) is 0 Å². The van der Waals surface area contributed by atoms with Crippen molar-refractivity contribution in [3.05, 3.63) is 126 Å². The number of fused-ring (bicyclic) bond motifs is 2. The summed E-state index contributed by atoms with van der Waals surface area (Å²) in [5.41, 5.74) is 11.0. The normalized spacial score (nSPS) is 12.0. The summed E-state index contributed by atoms with van der Waals surface area (Å²) in [6.07, 6.45) is 9.86. The number of benzene rings is 5.